The van der Waals surface area contributed by atoms with Gasteiger partial charge in [-0.3, -0.25) is 10.1 Å². The summed E-state index contributed by atoms with van der Waals surface area (Å²) in [7, 11) is 0. The van der Waals surface area contributed by atoms with Crippen LogP contribution in [0.1, 0.15) is 12.0 Å². The van der Waals surface area contributed by atoms with Crippen LogP contribution in [0, 0.1) is 5.82 Å². The van der Waals surface area contributed by atoms with Gasteiger partial charge in [-0.1, -0.05) is 12.1 Å². The van der Waals surface area contributed by atoms with Crippen molar-refractivity contribution in [1.82, 2.24) is 20.5 Å². The van der Waals surface area contributed by atoms with Crippen LogP contribution in [-0.2, 0) is 6.54 Å². The molecular formula is C18H19FN4O. The molecule has 0 radical (unpaired) electrons. The van der Waals surface area contributed by atoms with Gasteiger partial charge >= 0.3 is 0 Å². The van der Waals surface area contributed by atoms with Crippen LogP contribution >= 0.6 is 0 Å². The van der Waals surface area contributed by atoms with Crippen LogP contribution in [-0.4, -0.2) is 28.3 Å². The molecule has 0 saturated carbocycles. The number of para-hydroxylation sites is 1. The number of nitrogens with zero attached hydrogens (tertiary/aromatic N) is 2. The Labute approximate surface area is 139 Å². The molecule has 2 aromatic heterocycles. The summed E-state index contributed by atoms with van der Waals surface area (Å²) in [5.41, 5.74) is 3.06. The van der Waals surface area contributed by atoms with Crippen LogP contribution in [0.15, 0.2) is 55.0 Å². The summed E-state index contributed by atoms with van der Waals surface area (Å²) in [5, 5.41) is 10.5. The summed E-state index contributed by atoms with van der Waals surface area (Å²) in [5.74, 6) is -0.0313. The minimum absolute atomic E-state index is 0.297. The number of pyridine rings is 1. The van der Waals surface area contributed by atoms with Crippen molar-refractivity contribution in [2.75, 3.05) is 13.2 Å². The molecule has 0 atom stereocenters. The maximum Gasteiger partial charge on any atom is 0.165 e. The van der Waals surface area contributed by atoms with Crippen LogP contribution in [0.3, 0.4) is 0 Å². The maximum absolute atomic E-state index is 13.4. The van der Waals surface area contributed by atoms with Gasteiger partial charge in [0.15, 0.2) is 11.6 Å². The van der Waals surface area contributed by atoms with Gasteiger partial charge in [0.05, 0.1) is 18.5 Å². The van der Waals surface area contributed by atoms with Crippen molar-refractivity contribution in [2.45, 2.75) is 13.0 Å². The Bertz CT molecular complexity index is 760. The molecule has 0 spiro atoms. The van der Waals surface area contributed by atoms with E-state index in [2.05, 4.69) is 20.5 Å². The van der Waals surface area contributed by atoms with Crippen molar-refractivity contribution in [1.29, 1.82) is 0 Å². The highest BCUT2D eigenvalue weighted by molar-refractivity contribution is 5.61. The number of H-pyrrole nitrogens is 1. The van der Waals surface area contributed by atoms with Gasteiger partial charge in [0.2, 0.25) is 0 Å². The van der Waals surface area contributed by atoms with Gasteiger partial charge < -0.3 is 10.1 Å². The third-order valence-corrected chi connectivity index (χ3v) is 3.58. The van der Waals surface area contributed by atoms with E-state index in [1.54, 1.807) is 30.6 Å². The predicted molar refractivity (Wildman–Crippen MR) is 90.0 cm³/mol. The van der Waals surface area contributed by atoms with E-state index in [1.807, 2.05) is 18.3 Å². The Hall–Kier alpha value is -2.73. The molecule has 0 saturated heterocycles. The molecule has 124 valence electrons. The molecule has 1 aromatic carbocycles. The van der Waals surface area contributed by atoms with E-state index in [-0.39, 0.29) is 5.82 Å². The lowest BCUT2D eigenvalue weighted by Gasteiger charge is -2.08. The molecule has 0 aliphatic heterocycles. The lowest BCUT2D eigenvalue weighted by molar-refractivity contribution is 0.293. The lowest BCUT2D eigenvalue weighted by atomic mass is 10.1. The van der Waals surface area contributed by atoms with Crippen LogP contribution in [0.2, 0.25) is 0 Å². The van der Waals surface area contributed by atoms with Gasteiger partial charge in [0.1, 0.15) is 0 Å². The number of hydrogen-bond acceptors (Lipinski definition) is 4. The summed E-state index contributed by atoms with van der Waals surface area (Å²) in [6.07, 6.45) is 6.15. The molecule has 3 rings (SSSR count). The Morgan fingerprint density at radius 3 is 2.88 bits per heavy atom. The number of ether oxygens (including phenoxy) is 1. The quantitative estimate of drug-likeness (QED) is 0.624. The standard InChI is InChI=1S/C18H19FN4O/c19-16-6-1-2-7-17(16)24-10-4-9-21-12-15-13-22-23-18(15)14-5-3-8-20-11-14/h1-3,5-8,11,13,21H,4,9-10,12H2,(H,22,23). The summed E-state index contributed by atoms with van der Waals surface area (Å²) in [6.45, 7) is 1.93. The summed E-state index contributed by atoms with van der Waals surface area (Å²) < 4.78 is 18.8. The van der Waals surface area contributed by atoms with E-state index in [9.17, 15) is 4.39 Å². The van der Waals surface area contributed by atoms with E-state index in [0.717, 1.165) is 29.8 Å². The Kier molecular flexibility index (Phi) is 5.52. The molecule has 6 heteroatoms. The minimum atomic E-state index is -0.329. The van der Waals surface area contributed by atoms with Crippen molar-refractivity contribution in [3.63, 3.8) is 0 Å². The van der Waals surface area contributed by atoms with Crippen molar-refractivity contribution < 1.29 is 9.13 Å². The summed E-state index contributed by atoms with van der Waals surface area (Å²) >= 11 is 0. The average Bonchev–Trinajstić information content (AvgIpc) is 3.09. The molecule has 5 nitrogen and oxygen atoms in total. The van der Waals surface area contributed by atoms with Crippen LogP contribution in [0.5, 0.6) is 5.75 Å². The number of hydrogen-bond donors (Lipinski definition) is 2. The second kappa shape index (κ2) is 8.21. The molecule has 2 N–H and O–H groups in total. The highest BCUT2D eigenvalue weighted by Gasteiger charge is 2.07. The van der Waals surface area contributed by atoms with Crippen LogP contribution in [0.4, 0.5) is 4.39 Å². The first-order chi connectivity index (χ1) is 11.8. The van der Waals surface area contributed by atoms with E-state index in [0.29, 0.717) is 18.9 Å². The summed E-state index contributed by atoms with van der Waals surface area (Å²) in [4.78, 5) is 4.12. The zero-order chi connectivity index (χ0) is 16.6. The lowest BCUT2D eigenvalue weighted by Crippen LogP contribution is -2.17. The van der Waals surface area contributed by atoms with Gasteiger partial charge in [-0.15, -0.1) is 0 Å². The Balaban J connectivity index is 1.42. The van der Waals surface area contributed by atoms with Gasteiger partial charge in [-0.25, -0.2) is 4.39 Å². The van der Waals surface area contributed by atoms with Crippen LogP contribution < -0.4 is 10.1 Å². The van der Waals surface area contributed by atoms with Crippen LogP contribution in [0.25, 0.3) is 11.3 Å². The van der Waals surface area contributed by atoms with E-state index in [4.69, 9.17) is 4.74 Å². The van der Waals surface area contributed by atoms with Crippen molar-refractivity contribution in [3.8, 4) is 17.0 Å². The number of benzene rings is 1. The topological polar surface area (TPSA) is 62.8 Å². The molecule has 0 amide bonds. The molecule has 24 heavy (non-hydrogen) atoms. The second-order valence-electron chi connectivity index (χ2n) is 5.32. The van der Waals surface area contributed by atoms with Crippen molar-refractivity contribution in [3.05, 3.63) is 66.4 Å². The number of aromatic amines is 1. The average molecular weight is 326 g/mol. The van der Waals surface area contributed by atoms with E-state index >= 15 is 0 Å². The van der Waals surface area contributed by atoms with Gasteiger partial charge in [-0.05, 0) is 37.2 Å². The van der Waals surface area contributed by atoms with Crippen molar-refractivity contribution >= 4 is 0 Å². The monoisotopic (exact) mass is 326 g/mol. The minimum Gasteiger partial charge on any atom is -0.490 e. The Morgan fingerprint density at radius 2 is 2.04 bits per heavy atom. The third kappa shape index (κ3) is 4.17. The summed E-state index contributed by atoms with van der Waals surface area (Å²) in [6, 6.07) is 10.3. The molecule has 0 aliphatic carbocycles. The first kappa shape index (κ1) is 16.1. The molecule has 0 aliphatic rings. The first-order valence-corrected chi connectivity index (χ1v) is 7.85. The van der Waals surface area contributed by atoms with Gasteiger partial charge in [0.25, 0.3) is 0 Å². The number of rotatable bonds is 8. The molecule has 2 heterocycles. The molecule has 3 aromatic rings. The number of aromatic nitrogens is 3. The van der Waals surface area contributed by atoms with Crippen molar-refractivity contribution in [2.24, 2.45) is 0 Å². The predicted octanol–water partition coefficient (Wildman–Crippen LogP) is 3.17. The second-order valence-corrected chi connectivity index (χ2v) is 5.32. The molecular weight excluding hydrogens is 307 g/mol. The Morgan fingerprint density at radius 1 is 1.12 bits per heavy atom. The number of halogens is 1. The van der Waals surface area contributed by atoms with E-state index < -0.39 is 0 Å². The van der Waals surface area contributed by atoms with E-state index in [1.165, 1.54) is 6.07 Å². The smallest absolute Gasteiger partial charge is 0.165 e. The molecule has 0 bridgehead atoms. The van der Waals surface area contributed by atoms with Gasteiger partial charge in [-0.2, -0.15) is 5.10 Å². The largest absolute Gasteiger partial charge is 0.490 e. The zero-order valence-corrected chi connectivity index (χ0v) is 13.2. The normalized spacial score (nSPS) is 10.7. The zero-order valence-electron chi connectivity index (χ0n) is 13.2. The SMILES string of the molecule is Fc1ccccc1OCCCNCc1cn[nH]c1-c1cccnc1. The highest BCUT2D eigenvalue weighted by Crippen LogP contribution is 2.19. The highest BCUT2D eigenvalue weighted by atomic mass is 19.1. The molecule has 0 unspecified atom stereocenters. The fraction of sp³-hybridized carbons (Fsp3) is 0.222. The third-order valence-electron chi connectivity index (χ3n) is 3.58. The first-order valence-electron chi connectivity index (χ1n) is 7.85. The molecule has 0 fully saturated rings. The number of nitrogens with one attached hydrogen (secondary N) is 2. The maximum atomic E-state index is 13.4. The fourth-order valence-corrected chi connectivity index (χ4v) is 2.37. The fourth-order valence-electron chi connectivity index (χ4n) is 2.37. The van der Waals surface area contributed by atoms with Gasteiger partial charge in [0, 0.05) is 30.1 Å².